The molecule has 1 atom stereocenters. The van der Waals surface area contributed by atoms with E-state index in [4.69, 9.17) is 9.84 Å². The van der Waals surface area contributed by atoms with Crippen LogP contribution in [0.25, 0.3) is 0 Å². The summed E-state index contributed by atoms with van der Waals surface area (Å²) in [6.45, 7) is 7.75. The molecule has 0 fully saturated rings. The number of carboxylic acids is 1. The number of hydrogen-bond donors (Lipinski definition) is 1. The Bertz CT molecular complexity index is 396. The molecule has 0 spiro atoms. The highest BCUT2D eigenvalue weighted by molar-refractivity contribution is 5.67. The molecule has 3 heteroatoms. The zero-order valence-corrected chi connectivity index (χ0v) is 10.2. The summed E-state index contributed by atoms with van der Waals surface area (Å²) in [5.74, 6) is -0.0239. The molecule has 88 valence electrons. The number of aliphatic carboxylic acids is 1. The van der Waals surface area contributed by atoms with Crippen molar-refractivity contribution in [2.45, 2.75) is 40.2 Å². The van der Waals surface area contributed by atoms with Crippen LogP contribution in [-0.2, 0) is 4.79 Å². The molecule has 0 saturated heterocycles. The van der Waals surface area contributed by atoms with Gasteiger partial charge in [0.2, 0.25) is 0 Å². The van der Waals surface area contributed by atoms with Crippen molar-refractivity contribution in [2.24, 2.45) is 0 Å². The fourth-order valence-electron chi connectivity index (χ4n) is 1.60. The molecule has 3 nitrogen and oxygen atoms in total. The van der Waals surface area contributed by atoms with Crippen molar-refractivity contribution in [3.8, 4) is 5.75 Å². The van der Waals surface area contributed by atoms with E-state index in [2.05, 4.69) is 0 Å². The van der Waals surface area contributed by atoms with Gasteiger partial charge >= 0.3 is 5.97 Å². The van der Waals surface area contributed by atoms with E-state index in [9.17, 15) is 4.79 Å². The summed E-state index contributed by atoms with van der Waals surface area (Å²) >= 11 is 0. The minimum absolute atomic E-state index is 0.0207. The van der Waals surface area contributed by atoms with Crippen LogP contribution in [0.2, 0.25) is 0 Å². The smallest absolute Gasteiger partial charge is 0.307 e. The highest BCUT2D eigenvalue weighted by atomic mass is 16.5. The van der Waals surface area contributed by atoms with Gasteiger partial charge in [0, 0.05) is 0 Å². The fraction of sp³-hybridized carbons (Fsp3) is 0.462. The normalized spacial score (nSPS) is 12.2. The molecule has 0 radical (unpaired) electrons. The zero-order valence-electron chi connectivity index (χ0n) is 10.2. The Balaban J connectivity index is 2.88. The van der Waals surface area contributed by atoms with Crippen LogP contribution in [0.4, 0.5) is 0 Å². The number of aryl methyl sites for hydroxylation is 2. The maximum atomic E-state index is 10.6. The molecule has 0 aliphatic rings. The summed E-state index contributed by atoms with van der Waals surface area (Å²) in [6, 6.07) is 4.03. The lowest BCUT2D eigenvalue weighted by atomic mass is 10.1. The molecule has 16 heavy (non-hydrogen) atoms. The van der Waals surface area contributed by atoms with Crippen molar-refractivity contribution in [1.29, 1.82) is 0 Å². The first-order valence-electron chi connectivity index (χ1n) is 5.37. The van der Waals surface area contributed by atoms with E-state index < -0.39 is 5.97 Å². The molecule has 0 amide bonds. The molecular formula is C13H18O3. The molecule has 0 aliphatic heterocycles. The monoisotopic (exact) mass is 222 g/mol. The maximum Gasteiger partial charge on any atom is 0.307 e. The second kappa shape index (κ2) is 5.01. The summed E-state index contributed by atoms with van der Waals surface area (Å²) in [4.78, 5) is 10.6. The molecule has 0 saturated carbocycles. The molecule has 0 aromatic heterocycles. The molecular weight excluding hydrogens is 204 g/mol. The number of ether oxygens (including phenoxy) is 1. The number of hydrogen-bond acceptors (Lipinski definition) is 2. The van der Waals surface area contributed by atoms with Crippen molar-refractivity contribution < 1.29 is 14.6 Å². The van der Waals surface area contributed by atoms with Crippen molar-refractivity contribution >= 4 is 5.97 Å². The Labute approximate surface area is 96.1 Å². The molecule has 0 unspecified atom stereocenters. The van der Waals surface area contributed by atoms with E-state index >= 15 is 0 Å². The summed E-state index contributed by atoms with van der Waals surface area (Å²) < 4.78 is 5.69. The van der Waals surface area contributed by atoms with Gasteiger partial charge < -0.3 is 9.84 Å². The average Bonchev–Trinajstić information content (AvgIpc) is 2.17. The van der Waals surface area contributed by atoms with Gasteiger partial charge in [-0.25, -0.2) is 0 Å². The van der Waals surface area contributed by atoms with E-state index in [1.807, 2.05) is 32.9 Å². The molecule has 0 bridgehead atoms. The lowest BCUT2D eigenvalue weighted by Gasteiger charge is -2.18. The van der Waals surface area contributed by atoms with Gasteiger partial charge in [0.1, 0.15) is 11.9 Å². The lowest BCUT2D eigenvalue weighted by Crippen LogP contribution is -2.17. The van der Waals surface area contributed by atoms with Gasteiger partial charge in [0.05, 0.1) is 6.42 Å². The van der Waals surface area contributed by atoms with Crippen LogP contribution in [0.5, 0.6) is 5.75 Å². The largest absolute Gasteiger partial charge is 0.490 e. The molecule has 1 N–H and O–H groups in total. The first-order chi connectivity index (χ1) is 7.41. The Morgan fingerprint density at radius 2 is 1.88 bits per heavy atom. The standard InChI is InChI=1S/C13H18O3/c1-8-5-6-9(2)13(11(8)4)16-10(3)7-12(14)15/h5-6,10H,7H2,1-4H3,(H,14,15)/t10-/m1/s1. The average molecular weight is 222 g/mol. The minimum Gasteiger partial charge on any atom is -0.490 e. The van der Waals surface area contributed by atoms with Crippen LogP contribution in [0.15, 0.2) is 12.1 Å². The van der Waals surface area contributed by atoms with Crippen LogP contribution in [0, 0.1) is 20.8 Å². The quantitative estimate of drug-likeness (QED) is 0.852. The Morgan fingerprint density at radius 3 is 2.44 bits per heavy atom. The first-order valence-corrected chi connectivity index (χ1v) is 5.37. The van der Waals surface area contributed by atoms with E-state index in [-0.39, 0.29) is 12.5 Å². The van der Waals surface area contributed by atoms with Crippen LogP contribution in [-0.4, -0.2) is 17.2 Å². The molecule has 1 aromatic carbocycles. The predicted octanol–water partition coefficient (Wildman–Crippen LogP) is 2.85. The van der Waals surface area contributed by atoms with Crippen molar-refractivity contribution in [3.05, 3.63) is 28.8 Å². The molecule has 0 aliphatic carbocycles. The third kappa shape index (κ3) is 2.99. The highest BCUT2D eigenvalue weighted by Gasteiger charge is 2.13. The van der Waals surface area contributed by atoms with Gasteiger partial charge in [-0.15, -0.1) is 0 Å². The highest BCUT2D eigenvalue weighted by Crippen LogP contribution is 2.27. The number of carboxylic acid groups (broad SMARTS) is 1. The SMILES string of the molecule is Cc1ccc(C)c(O[C@H](C)CC(=O)O)c1C. The van der Waals surface area contributed by atoms with E-state index in [0.717, 1.165) is 22.4 Å². The Hall–Kier alpha value is -1.51. The second-order valence-electron chi connectivity index (χ2n) is 4.18. The summed E-state index contributed by atoms with van der Waals surface area (Å²) in [7, 11) is 0. The van der Waals surface area contributed by atoms with Gasteiger partial charge in [-0.3, -0.25) is 4.79 Å². The molecule has 0 heterocycles. The van der Waals surface area contributed by atoms with Gasteiger partial charge in [-0.2, -0.15) is 0 Å². The fourth-order valence-corrected chi connectivity index (χ4v) is 1.60. The molecule has 1 aromatic rings. The third-order valence-electron chi connectivity index (χ3n) is 2.65. The van der Waals surface area contributed by atoms with Crippen LogP contribution >= 0.6 is 0 Å². The van der Waals surface area contributed by atoms with Gasteiger partial charge in [-0.05, 0) is 44.4 Å². The number of rotatable bonds is 4. The number of benzene rings is 1. The van der Waals surface area contributed by atoms with E-state index in [1.54, 1.807) is 6.92 Å². The van der Waals surface area contributed by atoms with Gasteiger partial charge in [0.15, 0.2) is 0 Å². The van der Waals surface area contributed by atoms with E-state index in [1.165, 1.54) is 0 Å². The van der Waals surface area contributed by atoms with Crippen molar-refractivity contribution in [3.63, 3.8) is 0 Å². The lowest BCUT2D eigenvalue weighted by molar-refractivity contribution is -0.138. The van der Waals surface area contributed by atoms with Gasteiger partial charge in [-0.1, -0.05) is 12.1 Å². The Morgan fingerprint density at radius 1 is 1.31 bits per heavy atom. The number of carbonyl (C=O) groups is 1. The molecule has 1 rings (SSSR count). The zero-order chi connectivity index (χ0) is 12.3. The van der Waals surface area contributed by atoms with Crippen LogP contribution < -0.4 is 4.74 Å². The first kappa shape index (κ1) is 12.6. The van der Waals surface area contributed by atoms with Crippen LogP contribution in [0.3, 0.4) is 0 Å². The van der Waals surface area contributed by atoms with Crippen molar-refractivity contribution in [1.82, 2.24) is 0 Å². The topological polar surface area (TPSA) is 46.5 Å². The predicted molar refractivity (Wildman–Crippen MR) is 63.0 cm³/mol. The third-order valence-corrected chi connectivity index (χ3v) is 2.65. The minimum atomic E-state index is -0.838. The van der Waals surface area contributed by atoms with Crippen LogP contribution in [0.1, 0.15) is 30.0 Å². The summed E-state index contributed by atoms with van der Waals surface area (Å²) in [6.07, 6.45) is -0.288. The van der Waals surface area contributed by atoms with Crippen molar-refractivity contribution in [2.75, 3.05) is 0 Å². The summed E-state index contributed by atoms with van der Waals surface area (Å²) in [5.41, 5.74) is 3.28. The maximum absolute atomic E-state index is 10.6. The van der Waals surface area contributed by atoms with Gasteiger partial charge in [0.25, 0.3) is 0 Å². The van der Waals surface area contributed by atoms with E-state index in [0.29, 0.717) is 0 Å². The summed E-state index contributed by atoms with van der Waals surface area (Å²) in [5, 5.41) is 8.68. The second-order valence-corrected chi connectivity index (χ2v) is 4.18. The Kier molecular flexibility index (Phi) is 3.93.